The van der Waals surface area contributed by atoms with Gasteiger partial charge in [0.15, 0.2) is 0 Å². The Kier molecular flexibility index (Phi) is 6.95. The Morgan fingerprint density at radius 2 is 1.24 bits per heavy atom. The summed E-state index contributed by atoms with van der Waals surface area (Å²) in [6.07, 6.45) is -0.248. The summed E-state index contributed by atoms with van der Waals surface area (Å²) in [6.45, 7) is 20.2. The van der Waals surface area contributed by atoms with E-state index >= 15 is 0 Å². The van der Waals surface area contributed by atoms with Crippen molar-refractivity contribution < 1.29 is 0 Å². The highest BCUT2D eigenvalue weighted by molar-refractivity contribution is 8.22. The summed E-state index contributed by atoms with van der Waals surface area (Å²) in [4.78, 5) is 2.53. The van der Waals surface area contributed by atoms with Crippen LogP contribution < -0.4 is 26.1 Å². The fourth-order valence-electron chi connectivity index (χ4n) is 5.92. The molecule has 0 saturated carbocycles. The molecular weight excluding hydrogens is 526 g/mol. The fourth-order valence-corrected chi connectivity index (χ4v) is 14.0. The average Bonchev–Trinajstić information content (AvgIpc) is 2.87. The van der Waals surface area contributed by atoms with Gasteiger partial charge in [0, 0.05) is 40.3 Å². The van der Waals surface area contributed by atoms with Gasteiger partial charge in [0.1, 0.15) is 0 Å². The van der Waals surface area contributed by atoms with Gasteiger partial charge >= 0.3 is 0 Å². The maximum Gasteiger partial charge on any atom is 0.0751 e. The van der Waals surface area contributed by atoms with Crippen LogP contribution in [0.1, 0.15) is 65.2 Å². The number of aryl methyl sites for hydroxylation is 2. The number of fused-ring (bicyclic) bond motifs is 4. The number of rotatable bonds is 5. The molecule has 37 heavy (non-hydrogen) atoms. The van der Waals surface area contributed by atoms with Crippen LogP contribution in [0.4, 0.5) is 17.1 Å². The molecule has 0 aromatic heterocycles. The SMILES string of the molecule is CCc1ccc2c(c1)P(C)(=S)c1cc(C(C)(C)C)cc3c1N2c1ccc(CC)cc1P3(=S)N(CC)CC. The second kappa shape index (κ2) is 9.42. The minimum Gasteiger partial charge on any atom is -0.308 e. The standard InChI is InChI=1S/C31H40N2P2S2/c1-9-21-13-15-24-26(17-21)34(8,36)28-19-23(31(5,6)7)20-29-30(28)33(24)25-16-14-22(10-2)18-27(25)35(29,37)32(11-3)12-4/h13-20H,9-12H2,1-8H3. The van der Waals surface area contributed by atoms with Crippen molar-refractivity contribution in [3.05, 3.63) is 65.2 Å². The summed E-state index contributed by atoms with van der Waals surface area (Å²) in [6, 6.07) is 17.0. The van der Waals surface area contributed by atoms with Crippen LogP contribution in [-0.4, -0.2) is 24.4 Å². The Balaban J connectivity index is 2.00. The van der Waals surface area contributed by atoms with Gasteiger partial charge in [-0.25, -0.2) is 0 Å². The van der Waals surface area contributed by atoms with Crippen molar-refractivity contribution in [1.29, 1.82) is 0 Å². The molecule has 196 valence electrons. The smallest absolute Gasteiger partial charge is 0.0751 e. The van der Waals surface area contributed by atoms with Gasteiger partial charge in [-0.2, -0.15) is 0 Å². The van der Waals surface area contributed by atoms with Crippen LogP contribution in [0.25, 0.3) is 0 Å². The van der Waals surface area contributed by atoms with Gasteiger partial charge in [-0.05, 0) is 78.0 Å². The van der Waals surface area contributed by atoms with Gasteiger partial charge in [0.25, 0.3) is 0 Å². The molecule has 0 saturated heterocycles. The van der Waals surface area contributed by atoms with Gasteiger partial charge < -0.3 is 4.90 Å². The first kappa shape index (κ1) is 27.3. The third-order valence-corrected chi connectivity index (χ3v) is 17.2. The van der Waals surface area contributed by atoms with Gasteiger partial charge in [0.05, 0.1) is 23.3 Å². The van der Waals surface area contributed by atoms with Crippen molar-refractivity contribution in [3.63, 3.8) is 0 Å². The van der Waals surface area contributed by atoms with Gasteiger partial charge in [-0.1, -0.05) is 84.2 Å². The van der Waals surface area contributed by atoms with E-state index in [9.17, 15) is 0 Å². The first-order chi connectivity index (χ1) is 17.4. The lowest BCUT2D eigenvalue weighted by Crippen LogP contribution is -2.46. The molecule has 2 unspecified atom stereocenters. The van der Waals surface area contributed by atoms with Crippen LogP contribution in [0, 0.1) is 0 Å². The zero-order valence-corrected chi connectivity index (χ0v) is 27.0. The summed E-state index contributed by atoms with van der Waals surface area (Å²) >= 11 is 13.6. The summed E-state index contributed by atoms with van der Waals surface area (Å²) < 4.78 is 2.58. The first-order valence-electron chi connectivity index (χ1n) is 13.6. The van der Waals surface area contributed by atoms with E-state index in [2.05, 4.69) is 113 Å². The van der Waals surface area contributed by atoms with Crippen molar-refractivity contribution >= 4 is 74.1 Å². The van der Waals surface area contributed by atoms with Gasteiger partial charge in [-0.3, -0.25) is 4.67 Å². The number of hydrogen-bond acceptors (Lipinski definition) is 3. The predicted octanol–water partition coefficient (Wildman–Crippen LogP) is 6.95. The normalized spacial score (nSPS) is 22.0. The molecule has 0 N–H and O–H groups in total. The Bertz CT molecular complexity index is 1500. The van der Waals surface area contributed by atoms with Crippen molar-refractivity contribution in [3.8, 4) is 0 Å². The monoisotopic (exact) mass is 566 g/mol. The van der Waals surface area contributed by atoms with Crippen LogP contribution in [0.5, 0.6) is 0 Å². The molecule has 2 aliphatic heterocycles. The summed E-state index contributed by atoms with van der Waals surface area (Å²) in [5.74, 6) is 0. The zero-order valence-electron chi connectivity index (χ0n) is 23.6. The molecule has 0 amide bonds. The number of hydrogen-bond donors (Lipinski definition) is 0. The topological polar surface area (TPSA) is 6.48 Å². The van der Waals surface area contributed by atoms with Crippen LogP contribution >= 0.6 is 12.2 Å². The highest BCUT2D eigenvalue weighted by Crippen LogP contribution is 2.62. The van der Waals surface area contributed by atoms with Crippen molar-refractivity contribution in [2.24, 2.45) is 0 Å². The molecule has 5 rings (SSSR count). The Hall–Kier alpha value is -1.28. The first-order valence-corrected chi connectivity index (χ1v) is 19.6. The van der Waals surface area contributed by atoms with Crippen molar-refractivity contribution in [2.45, 2.75) is 66.7 Å². The maximum atomic E-state index is 6.96. The molecule has 0 radical (unpaired) electrons. The van der Waals surface area contributed by atoms with E-state index in [1.54, 1.807) is 0 Å². The van der Waals surface area contributed by atoms with Crippen LogP contribution in [0.15, 0.2) is 48.5 Å². The number of benzene rings is 3. The third-order valence-electron chi connectivity index (χ3n) is 8.24. The van der Waals surface area contributed by atoms with Crippen LogP contribution in [-0.2, 0) is 41.9 Å². The second-order valence-electron chi connectivity index (χ2n) is 11.4. The molecule has 2 aliphatic rings. The molecule has 2 atom stereocenters. The summed E-state index contributed by atoms with van der Waals surface area (Å²) in [7, 11) is 0. The Morgan fingerprint density at radius 1 is 0.730 bits per heavy atom. The zero-order chi connectivity index (χ0) is 26.9. The molecule has 6 heteroatoms. The van der Waals surface area contributed by atoms with E-state index in [1.807, 2.05) is 0 Å². The van der Waals surface area contributed by atoms with Crippen LogP contribution in [0.2, 0.25) is 0 Å². The van der Waals surface area contributed by atoms with E-state index in [0.29, 0.717) is 0 Å². The molecule has 0 fully saturated rings. The van der Waals surface area contributed by atoms with Gasteiger partial charge in [0.2, 0.25) is 0 Å². The van der Waals surface area contributed by atoms with E-state index in [0.717, 1.165) is 25.9 Å². The van der Waals surface area contributed by atoms with E-state index in [4.69, 9.17) is 23.6 Å². The Labute approximate surface area is 234 Å². The predicted molar refractivity (Wildman–Crippen MR) is 175 cm³/mol. The molecular formula is C31H40N2P2S2. The quantitative estimate of drug-likeness (QED) is 0.308. The molecule has 0 bridgehead atoms. The fraction of sp³-hybridized carbons (Fsp3) is 0.419. The number of anilines is 3. The van der Waals surface area contributed by atoms with E-state index in [-0.39, 0.29) is 5.41 Å². The van der Waals surface area contributed by atoms with E-state index < -0.39 is 12.2 Å². The minimum absolute atomic E-state index is 0.00615. The lowest BCUT2D eigenvalue weighted by molar-refractivity contribution is 0.513. The lowest BCUT2D eigenvalue weighted by atomic mass is 9.87. The molecule has 3 aromatic carbocycles. The summed E-state index contributed by atoms with van der Waals surface area (Å²) in [5, 5.41) is 5.37. The molecule has 0 aliphatic carbocycles. The molecule has 2 heterocycles. The largest absolute Gasteiger partial charge is 0.308 e. The van der Waals surface area contributed by atoms with Crippen molar-refractivity contribution in [2.75, 3.05) is 24.7 Å². The molecule has 2 nitrogen and oxygen atoms in total. The lowest BCUT2D eigenvalue weighted by Gasteiger charge is -2.49. The average molecular weight is 567 g/mol. The highest BCUT2D eigenvalue weighted by Gasteiger charge is 2.46. The minimum atomic E-state index is -2.27. The van der Waals surface area contributed by atoms with Gasteiger partial charge in [-0.15, -0.1) is 0 Å². The third kappa shape index (κ3) is 3.97. The second-order valence-corrected chi connectivity index (χ2v) is 20.7. The highest BCUT2D eigenvalue weighted by atomic mass is 32.4. The number of nitrogens with zero attached hydrogens (tertiary/aromatic N) is 2. The molecule has 3 aromatic rings. The maximum absolute atomic E-state index is 6.96. The van der Waals surface area contributed by atoms with Crippen LogP contribution in [0.3, 0.4) is 0 Å². The Morgan fingerprint density at radius 3 is 1.76 bits per heavy atom. The van der Waals surface area contributed by atoms with Crippen molar-refractivity contribution in [1.82, 2.24) is 4.67 Å². The van der Waals surface area contributed by atoms with E-state index in [1.165, 1.54) is 55.0 Å². The molecule has 0 spiro atoms. The summed E-state index contributed by atoms with van der Waals surface area (Å²) in [5.41, 5.74) is 7.88.